The maximum Gasteiger partial charge on any atom is 0.136 e. The molecule has 0 heterocycles. The van der Waals surface area contributed by atoms with Crippen molar-refractivity contribution in [3.05, 3.63) is 0 Å². The Morgan fingerprint density at radius 2 is 2.10 bits per heavy atom. The minimum absolute atomic E-state index is 0.00208. The highest BCUT2D eigenvalue weighted by Crippen LogP contribution is 2.67. The summed E-state index contributed by atoms with van der Waals surface area (Å²) in [6.45, 7) is 3.90. The molecular formula is C18H26O3. The van der Waals surface area contributed by atoms with E-state index in [2.05, 4.69) is 6.92 Å². The van der Waals surface area contributed by atoms with Crippen molar-refractivity contribution in [3.63, 3.8) is 0 Å². The summed E-state index contributed by atoms with van der Waals surface area (Å²) < 4.78 is 0. The summed E-state index contributed by atoms with van der Waals surface area (Å²) in [6.07, 6.45) is 7.41. The average Bonchev–Trinajstić information content (AvgIpc) is 2.70. The lowest BCUT2D eigenvalue weighted by molar-refractivity contribution is -0.139. The fourth-order valence-electron chi connectivity index (χ4n) is 5.70. The maximum absolute atomic E-state index is 12.2. The molecule has 0 aromatic heterocycles. The highest BCUT2D eigenvalue weighted by atomic mass is 16.1. The Morgan fingerprint density at radius 1 is 1.33 bits per heavy atom. The van der Waals surface area contributed by atoms with Gasteiger partial charge in [0.05, 0.1) is 0 Å². The van der Waals surface area contributed by atoms with Crippen LogP contribution in [0.1, 0.15) is 71.6 Å². The summed E-state index contributed by atoms with van der Waals surface area (Å²) in [7, 11) is 0. The summed E-state index contributed by atoms with van der Waals surface area (Å²) in [5, 5.41) is 0. The van der Waals surface area contributed by atoms with Crippen LogP contribution in [-0.2, 0) is 14.4 Å². The molecule has 1 spiro atoms. The van der Waals surface area contributed by atoms with E-state index in [0.717, 1.165) is 32.1 Å². The predicted octanol–water partition coefficient (Wildman–Crippen LogP) is 3.49. The van der Waals surface area contributed by atoms with E-state index in [-0.39, 0.29) is 22.5 Å². The van der Waals surface area contributed by atoms with Crippen molar-refractivity contribution in [2.24, 2.45) is 22.7 Å². The molecule has 116 valence electrons. The molecule has 0 aromatic carbocycles. The average molecular weight is 290 g/mol. The van der Waals surface area contributed by atoms with Gasteiger partial charge in [-0.05, 0) is 55.8 Å². The molecule has 3 aliphatic carbocycles. The highest BCUT2D eigenvalue weighted by Gasteiger charge is 2.62. The predicted molar refractivity (Wildman–Crippen MR) is 79.8 cm³/mol. The molecule has 0 aromatic rings. The zero-order valence-corrected chi connectivity index (χ0v) is 13.2. The van der Waals surface area contributed by atoms with E-state index >= 15 is 0 Å². The van der Waals surface area contributed by atoms with Crippen molar-refractivity contribution in [2.45, 2.75) is 71.6 Å². The molecule has 2 bridgehead atoms. The molecule has 0 amide bonds. The lowest BCUT2D eigenvalue weighted by Gasteiger charge is -2.54. The first-order chi connectivity index (χ1) is 9.86. The normalized spacial score (nSPS) is 42.0. The fraction of sp³-hybridized carbons (Fsp3) is 0.833. The van der Waals surface area contributed by atoms with Gasteiger partial charge in [0, 0.05) is 31.6 Å². The molecule has 3 rings (SSSR count). The SMILES string of the molecule is CC(=O)CCC[C@@]1(C)CC(=O)C[C@H]2CC3C[C@@]21CCC3=O. The lowest BCUT2D eigenvalue weighted by atomic mass is 9.49. The van der Waals surface area contributed by atoms with E-state index in [4.69, 9.17) is 0 Å². The van der Waals surface area contributed by atoms with Crippen molar-refractivity contribution in [3.8, 4) is 0 Å². The first-order valence-corrected chi connectivity index (χ1v) is 8.40. The van der Waals surface area contributed by atoms with E-state index in [9.17, 15) is 14.4 Å². The third kappa shape index (κ3) is 2.29. The first kappa shape index (κ1) is 14.9. The third-order valence-electron chi connectivity index (χ3n) is 6.75. The Bertz CT molecular complexity index is 495. The van der Waals surface area contributed by atoms with Gasteiger partial charge in [0.15, 0.2) is 0 Å². The van der Waals surface area contributed by atoms with Crippen LogP contribution in [-0.4, -0.2) is 17.3 Å². The summed E-state index contributed by atoms with van der Waals surface area (Å²) >= 11 is 0. The molecule has 0 N–H and O–H groups in total. The van der Waals surface area contributed by atoms with Crippen LogP contribution in [0.25, 0.3) is 0 Å². The summed E-state index contributed by atoms with van der Waals surface area (Å²) in [6, 6.07) is 0. The fourth-order valence-corrected chi connectivity index (χ4v) is 5.70. The van der Waals surface area contributed by atoms with Crippen LogP contribution in [0.3, 0.4) is 0 Å². The highest BCUT2D eigenvalue weighted by molar-refractivity contribution is 5.85. The maximum atomic E-state index is 12.2. The van der Waals surface area contributed by atoms with E-state index in [1.54, 1.807) is 6.92 Å². The number of carbonyl (C=O) groups is 3. The van der Waals surface area contributed by atoms with Gasteiger partial charge >= 0.3 is 0 Å². The molecule has 0 radical (unpaired) electrons. The molecule has 4 atom stereocenters. The number of fused-ring (bicyclic) bond motifs is 1. The van der Waals surface area contributed by atoms with Gasteiger partial charge in [-0.1, -0.05) is 6.92 Å². The second-order valence-corrected chi connectivity index (χ2v) is 7.99. The zero-order chi connectivity index (χ0) is 15.3. The quantitative estimate of drug-likeness (QED) is 0.796. The minimum atomic E-state index is -0.00208. The van der Waals surface area contributed by atoms with Crippen LogP contribution in [0.2, 0.25) is 0 Å². The van der Waals surface area contributed by atoms with E-state index in [0.29, 0.717) is 43.2 Å². The summed E-state index contributed by atoms with van der Waals surface area (Å²) in [5.41, 5.74) is 0.189. The van der Waals surface area contributed by atoms with Crippen molar-refractivity contribution in [1.29, 1.82) is 0 Å². The first-order valence-electron chi connectivity index (χ1n) is 8.40. The van der Waals surface area contributed by atoms with Gasteiger partial charge in [0.25, 0.3) is 0 Å². The Kier molecular flexibility index (Phi) is 3.58. The monoisotopic (exact) mass is 290 g/mol. The molecule has 0 saturated heterocycles. The van der Waals surface area contributed by atoms with Crippen LogP contribution >= 0.6 is 0 Å². The standard InChI is InChI=1S/C18H26O3/c1-12(19)4-3-6-17(2)11-15(20)9-14-8-13-10-18(14,17)7-5-16(13)21/h13-14H,3-11H2,1-2H3/t13?,14-,17+,18+/m1/s1. The molecule has 3 nitrogen and oxygen atoms in total. The molecule has 3 saturated carbocycles. The molecule has 3 aliphatic rings. The number of hydrogen-bond donors (Lipinski definition) is 0. The van der Waals surface area contributed by atoms with Gasteiger partial charge in [-0.15, -0.1) is 0 Å². The van der Waals surface area contributed by atoms with Crippen LogP contribution in [0, 0.1) is 22.7 Å². The van der Waals surface area contributed by atoms with Gasteiger partial charge in [0.1, 0.15) is 17.3 Å². The van der Waals surface area contributed by atoms with Crippen LogP contribution < -0.4 is 0 Å². The van der Waals surface area contributed by atoms with Crippen molar-refractivity contribution < 1.29 is 14.4 Å². The largest absolute Gasteiger partial charge is 0.300 e. The Labute approximate surface area is 126 Å². The van der Waals surface area contributed by atoms with Gasteiger partial charge in [-0.2, -0.15) is 0 Å². The van der Waals surface area contributed by atoms with Crippen LogP contribution in [0.15, 0.2) is 0 Å². The van der Waals surface area contributed by atoms with Crippen molar-refractivity contribution in [2.75, 3.05) is 0 Å². The minimum Gasteiger partial charge on any atom is -0.300 e. The van der Waals surface area contributed by atoms with Gasteiger partial charge in [0.2, 0.25) is 0 Å². The molecule has 1 unspecified atom stereocenters. The van der Waals surface area contributed by atoms with Crippen LogP contribution in [0.4, 0.5) is 0 Å². The number of carbonyl (C=O) groups excluding carboxylic acids is 3. The van der Waals surface area contributed by atoms with E-state index in [1.165, 1.54) is 0 Å². The van der Waals surface area contributed by atoms with Crippen LogP contribution in [0.5, 0.6) is 0 Å². The number of hydrogen-bond acceptors (Lipinski definition) is 3. The number of Topliss-reactive ketones (excluding diaryl/α,β-unsaturated/α-hetero) is 3. The second kappa shape index (κ2) is 5.03. The zero-order valence-electron chi connectivity index (χ0n) is 13.2. The van der Waals surface area contributed by atoms with E-state index < -0.39 is 0 Å². The Balaban J connectivity index is 1.85. The summed E-state index contributed by atoms with van der Waals surface area (Å²) in [5.74, 6) is 1.65. The second-order valence-electron chi connectivity index (χ2n) is 7.99. The molecule has 21 heavy (non-hydrogen) atoms. The number of rotatable bonds is 4. The smallest absolute Gasteiger partial charge is 0.136 e. The Morgan fingerprint density at radius 3 is 2.81 bits per heavy atom. The molecule has 3 heteroatoms. The molecular weight excluding hydrogens is 264 g/mol. The summed E-state index contributed by atoms with van der Waals surface area (Å²) in [4.78, 5) is 35.5. The van der Waals surface area contributed by atoms with Gasteiger partial charge < -0.3 is 4.79 Å². The molecule has 0 aliphatic heterocycles. The van der Waals surface area contributed by atoms with Crippen molar-refractivity contribution in [1.82, 2.24) is 0 Å². The number of ketones is 3. The molecule has 3 fully saturated rings. The van der Waals surface area contributed by atoms with Gasteiger partial charge in [-0.25, -0.2) is 0 Å². The topological polar surface area (TPSA) is 51.2 Å². The van der Waals surface area contributed by atoms with E-state index in [1.807, 2.05) is 0 Å². The van der Waals surface area contributed by atoms with Crippen molar-refractivity contribution >= 4 is 17.3 Å². The lowest BCUT2D eigenvalue weighted by Crippen LogP contribution is -2.50. The Hall–Kier alpha value is -0.990. The third-order valence-corrected chi connectivity index (χ3v) is 6.75. The van der Waals surface area contributed by atoms with Gasteiger partial charge in [-0.3, -0.25) is 9.59 Å².